The lowest BCUT2D eigenvalue weighted by molar-refractivity contribution is 0.172. The summed E-state index contributed by atoms with van der Waals surface area (Å²) >= 11 is 0. The summed E-state index contributed by atoms with van der Waals surface area (Å²) in [5.74, 6) is 0. The van der Waals surface area contributed by atoms with Crippen LogP contribution in [-0.4, -0.2) is 37.3 Å². The minimum atomic E-state index is -0.237. The van der Waals surface area contributed by atoms with E-state index < -0.39 is 0 Å². The highest BCUT2D eigenvalue weighted by Crippen LogP contribution is 2.20. The second-order valence-electron chi connectivity index (χ2n) is 3.74. The first-order valence-corrected chi connectivity index (χ1v) is 4.76. The van der Waals surface area contributed by atoms with Gasteiger partial charge in [0.05, 0.1) is 0 Å². The Morgan fingerprint density at radius 1 is 1.33 bits per heavy atom. The summed E-state index contributed by atoms with van der Waals surface area (Å²) in [5, 5.41) is 0. The number of nitrogens with two attached hydrogens (primary N) is 1. The van der Waals surface area contributed by atoms with E-state index in [-0.39, 0.29) is 6.67 Å². The maximum absolute atomic E-state index is 12.0. The molecule has 0 aromatic heterocycles. The van der Waals surface area contributed by atoms with Gasteiger partial charge in [-0.25, -0.2) is 4.39 Å². The molecule has 12 heavy (non-hydrogen) atoms. The Balaban J connectivity index is 2.24. The number of rotatable bonds is 3. The zero-order chi connectivity index (χ0) is 8.97. The molecule has 0 heterocycles. The zero-order valence-electron chi connectivity index (χ0n) is 7.80. The third-order valence-corrected chi connectivity index (χ3v) is 2.80. The van der Waals surface area contributed by atoms with Crippen LogP contribution in [0.4, 0.5) is 4.39 Å². The number of hydrogen-bond donors (Lipinski definition) is 1. The van der Waals surface area contributed by atoms with E-state index in [1.807, 2.05) is 7.05 Å². The molecule has 1 aliphatic rings. The summed E-state index contributed by atoms with van der Waals surface area (Å²) in [7, 11) is 2.00. The fourth-order valence-corrected chi connectivity index (χ4v) is 1.86. The lowest BCUT2D eigenvalue weighted by Crippen LogP contribution is -2.39. The van der Waals surface area contributed by atoms with E-state index in [1.54, 1.807) is 0 Å². The SMILES string of the molecule is CN(CCF)[C@H]1CC[C@H](N)CC1. The van der Waals surface area contributed by atoms with Crippen LogP contribution in [0.3, 0.4) is 0 Å². The van der Waals surface area contributed by atoms with E-state index in [2.05, 4.69) is 4.90 Å². The van der Waals surface area contributed by atoms with Crippen molar-refractivity contribution in [2.24, 2.45) is 5.73 Å². The molecule has 0 saturated heterocycles. The second-order valence-corrected chi connectivity index (χ2v) is 3.74. The summed E-state index contributed by atoms with van der Waals surface area (Å²) in [6.07, 6.45) is 4.47. The standard InChI is InChI=1S/C9H19FN2/c1-12(7-6-10)9-4-2-8(11)3-5-9/h8-9H,2-7,11H2,1H3/t8-,9-. The Morgan fingerprint density at radius 2 is 1.92 bits per heavy atom. The molecule has 2 N–H and O–H groups in total. The summed E-state index contributed by atoms with van der Waals surface area (Å²) in [6.45, 7) is 0.332. The van der Waals surface area contributed by atoms with E-state index in [0.717, 1.165) is 25.7 Å². The molecule has 72 valence electrons. The van der Waals surface area contributed by atoms with E-state index in [9.17, 15) is 4.39 Å². The number of halogens is 1. The lowest BCUT2D eigenvalue weighted by atomic mass is 9.91. The van der Waals surface area contributed by atoms with Crippen LogP contribution < -0.4 is 5.73 Å². The summed E-state index contributed by atoms with van der Waals surface area (Å²) < 4.78 is 12.0. The lowest BCUT2D eigenvalue weighted by Gasteiger charge is -2.32. The van der Waals surface area contributed by atoms with Crippen molar-refractivity contribution in [3.8, 4) is 0 Å². The molecular formula is C9H19FN2. The first-order chi connectivity index (χ1) is 5.74. The van der Waals surface area contributed by atoms with Crippen molar-refractivity contribution in [1.29, 1.82) is 0 Å². The molecule has 0 aromatic carbocycles. The van der Waals surface area contributed by atoms with Gasteiger partial charge in [0, 0.05) is 18.6 Å². The van der Waals surface area contributed by atoms with Crippen LogP contribution in [0.1, 0.15) is 25.7 Å². The molecule has 1 aliphatic carbocycles. The monoisotopic (exact) mass is 174 g/mol. The van der Waals surface area contributed by atoms with E-state index in [0.29, 0.717) is 18.6 Å². The Hall–Kier alpha value is -0.150. The Kier molecular flexibility index (Phi) is 3.95. The molecule has 3 heteroatoms. The highest BCUT2D eigenvalue weighted by atomic mass is 19.1. The van der Waals surface area contributed by atoms with E-state index in [4.69, 9.17) is 5.73 Å². The number of alkyl halides is 1. The van der Waals surface area contributed by atoms with Gasteiger partial charge in [-0.3, -0.25) is 0 Å². The van der Waals surface area contributed by atoms with Crippen molar-refractivity contribution in [3.05, 3.63) is 0 Å². The van der Waals surface area contributed by atoms with Crippen molar-refractivity contribution < 1.29 is 4.39 Å². The van der Waals surface area contributed by atoms with Crippen LogP contribution in [0.2, 0.25) is 0 Å². The molecule has 1 saturated carbocycles. The molecule has 1 rings (SSSR count). The second kappa shape index (κ2) is 4.77. The van der Waals surface area contributed by atoms with Crippen LogP contribution in [0.15, 0.2) is 0 Å². The average molecular weight is 174 g/mol. The molecular weight excluding hydrogens is 155 g/mol. The van der Waals surface area contributed by atoms with Gasteiger partial charge in [0.1, 0.15) is 6.67 Å². The van der Waals surface area contributed by atoms with Crippen LogP contribution in [-0.2, 0) is 0 Å². The maximum Gasteiger partial charge on any atom is 0.102 e. The minimum Gasteiger partial charge on any atom is -0.328 e. The summed E-state index contributed by atoms with van der Waals surface area (Å²) in [6, 6.07) is 0.959. The van der Waals surface area contributed by atoms with Crippen LogP contribution >= 0.6 is 0 Å². The van der Waals surface area contributed by atoms with Gasteiger partial charge in [-0.2, -0.15) is 0 Å². The quantitative estimate of drug-likeness (QED) is 0.695. The smallest absolute Gasteiger partial charge is 0.102 e. The third kappa shape index (κ3) is 2.72. The predicted octanol–water partition coefficient (Wildman–Crippen LogP) is 1.16. The van der Waals surface area contributed by atoms with Crippen LogP contribution in [0.25, 0.3) is 0 Å². The third-order valence-electron chi connectivity index (χ3n) is 2.80. The highest BCUT2D eigenvalue weighted by Gasteiger charge is 2.21. The largest absolute Gasteiger partial charge is 0.328 e. The van der Waals surface area contributed by atoms with E-state index in [1.165, 1.54) is 0 Å². The molecule has 0 aromatic rings. The van der Waals surface area contributed by atoms with Crippen molar-refractivity contribution in [2.75, 3.05) is 20.3 Å². The average Bonchev–Trinajstić information content (AvgIpc) is 2.06. The van der Waals surface area contributed by atoms with Gasteiger partial charge in [-0.15, -0.1) is 0 Å². The normalized spacial score (nSPS) is 31.0. The van der Waals surface area contributed by atoms with Crippen LogP contribution in [0, 0.1) is 0 Å². The van der Waals surface area contributed by atoms with Gasteiger partial charge in [-0.1, -0.05) is 0 Å². The Bertz CT molecular complexity index is 122. The fraction of sp³-hybridized carbons (Fsp3) is 1.00. The molecule has 0 bridgehead atoms. The molecule has 0 spiro atoms. The first-order valence-electron chi connectivity index (χ1n) is 4.76. The highest BCUT2D eigenvalue weighted by molar-refractivity contribution is 4.79. The van der Waals surface area contributed by atoms with Gasteiger partial charge in [0.2, 0.25) is 0 Å². The first kappa shape index (κ1) is 9.93. The number of nitrogens with zero attached hydrogens (tertiary/aromatic N) is 1. The molecule has 0 aliphatic heterocycles. The Labute approximate surface area is 73.9 Å². The van der Waals surface area contributed by atoms with Gasteiger partial charge in [-0.05, 0) is 32.7 Å². The number of hydrogen-bond acceptors (Lipinski definition) is 2. The molecule has 0 atom stereocenters. The van der Waals surface area contributed by atoms with Crippen molar-refractivity contribution in [2.45, 2.75) is 37.8 Å². The molecule has 1 fully saturated rings. The fourth-order valence-electron chi connectivity index (χ4n) is 1.86. The topological polar surface area (TPSA) is 29.3 Å². The van der Waals surface area contributed by atoms with Gasteiger partial charge >= 0.3 is 0 Å². The molecule has 0 radical (unpaired) electrons. The molecule has 2 nitrogen and oxygen atoms in total. The van der Waals surface area contributed by atoms with Gasteiger partial charge < -0.3 is 10.6 Å². The summed E-state index contributed by atoms with van der Waals surface area (Å²) in [5.41, 5.74) is 5.78. The van der Waals surface area contributed by atoms with Crippen molar-refractivity contribution in [1.82, 2.24) is 4.90 Å². The van der Waals surface area contributed by atoms with Gasteiger partial charge in [0.15, 0.2) is 0 Å². The van der Waals surface area contributed by atoms with Crippen molar-refractivity contribution in [3.63, 3.8) is 0 Å². The zero-order valence-corrected chi connectivity index (χ0v) is 7.80. The Morgan fingerprint density at radius 3 is 2.42 bits per heavy atom. The minimum absolute atomic E-state index is 0.237. The molecule has 0 unspecified atom stereocenters. The van der Waals surface area contributed by atoms with Crippen LogP contribution in [0.5, 0.6) is 0 Å². The maximum atomic E-state index is 12.0. The van der Waals surface area contributed by atoms with Gasteiger partial charge in [0.25, 0.3) is 0 Å². The van der Waals surface area contributed by atoms with Crippen molar-refractivity contribution >= 4 is 0 Å². The molecule has 0 amide bonds. The predicted molar refractivity (Wildman–Crippen MR) is 48.8 cm³/mol. The summed E-state index contributed by atoms with van der Waals surface area (Å²) in [4.78, 5) is 2.12. The van der Waals surface area contributed by atoms with E-state index >= 15 is 0 Å².